The largest absolute Gasteiger partial charge is 0.494 e. The lowest BCUT2D eigenvalue weighted by molar-refractivity contribution is 0.0690. The monoisotopic (exact) mass is 417 g/mol. The van der Waals surface area contributed by atoms with Gasteiger partial charge in [-0.15, -0.1) is 11.3 Å². The Morgan fingerprint density at radius 2 is 1.86 bits per heavy atom. The molecule has 0 aliphatic carbocycles. The maximum atomic E-state index is 13.0. The first-order valence-corrected chi connectivity index (χ1v) is 11.0. The Labute approximate surface area is 177 Å². The molecule has 1 aromatic carbocycles. The van der Waals surface area contributed by atoms with Crippen molar-refractivity contribution >= 4 is 23.2 Å². The maximum Gasteiger partial charge on any atom is 0.270 e. The topological polar surface area (TPSA) is 71.5 Å². The molecule has 0 radical (unpaired) electrons. The van der Waals surface area contributed by atoms with E-state index in [4.69, 9.17) is 4.74 Å². The van der Waals surface area contributed by atoms with Gasteiger partial charge in [-0.05, 0) is 58.4 Å². The smallest absolute Gasteiger partial charge is 0.270 e. The van der Waals surface area contributed by atoms with Crippen LogP contribution in [0.4, 0.5) is 0 Å². The number of hydrogen-bond acceptors (Lipinski definition) is 5. The van der Waals surface area contributed by atoms with Gasteiger partial charge in [0.05, 0.1) is 13.2 Å². The minimum absolute atomic E-state index is 0.000165. The Bertz CT molecular complexity index is 800. The van der Waals surface area contributed by atoms with Crippen LogP contribution < -0.4 is 10.1 Å². The lowest BCUT2D eigenvalue weighted by Gasteiger charge is -2.26. The van der Waals surface area contributed by atoms with E-state index in [-0.39, 0.29) is 23.9 Å². The van der Waals surface area contributed by atoms with Crippen LogP contribution in [0.1, 0.15) is 73.3 Å². The molecule has 0 spiro atoms. The fourth-order valence-electron chi connectivity index (χ4n) is 2.65. The summed E-state index contributed by atoms with van der Waals surface area (Å²) in [5.74, 6) is 0.513. The Morgan fingerprint density at radius 3 is 2.45 bits per heavy atom. The van der Waals surface area contributed by atoms with E-state index in [2.05, 4.69) is 17.2 Å². The highest BCUT2D eigenvalue weighted by atomic mass is 32.1. The molecule has 0 unspecified atom stereocenters. The minimum atomic E-state index is -0.191. The molecule has 29 heavy (non-hydrogen) atoms. The zero-order valence-corrected chi connectivity index (χ0v) is 18.7. The summed E-state index contributed by atoms with van der Waals surface area (Å²) in [7, 11) is 0. The number of aromatic nitrogens is 1. The highest BCUT2D eigenvalue weighted by molar-refractivity contribution is 7.09. The molecular formula is C22H31N3O3S. The second-order valence-electron chi connectivity index (χ2n) is 7.51. The molecule has 0 saturated carbocycles. The summed E-state index contributed by atoms with van der Waals surface area (Å²) >= 11 is 1.39. The summed E-state index contributed by atoms with van der Waals surface area (Å²) in [6.07, 6.45) is 2.09. The van der Waals surface area contributed by atoms with Crippen LogP contribution >= 0.6 is 11.3 Å². The highest BCUT2D eigenvalue weighted by Gasteiger charge is 2.21. The highest BCUT2D eigenvalue weighted by Crippen LogP contribution is 2.19. The van der Waals surface area contributed by atoms with E-state index in [0.29, 0.717) is 24.4 Å². The molecule has 0 bridgehead atoms. The Balaban J connectivity index is 2.06. The van der Waals surface area contributed by atoms with Crippen LogP contribution in [0.2, 0.25) is 0 Å². The fourth-order valence-corrected chi connectivity index (χ4v) is 3.42. The molecular weight excluding hydrogens is 386 g/mol. The third-order valence-corrected chi connectivity index (χ3v) is 5.10. The second kappa shape index (κ2) is 11.0. The molecule has 2 aromatic rings. The molecule has 0 aliphatic heterocycles. The van der Waals surface area contributed by atoms with Gasteiger partial charge in [0, 0.05) is 23.0 Å². The fraction of sp³-hybridized carbons (Fsp3) is 0.500. The summed E-state index contributed by atoms with van der Waals surface area (Å²) in [6.45, 7) is 10.9. The van der Waals surface area contributed by atoms with Gasteiger partial charge in [-0.1, -0.05) is 13.3 Å². The van der Waals surface area contributed by atoms with E-state index in [1.165, 1.54) is 11.3 Å². The predicted octanol–water partition coefficient (Wildman–Crippen LogP) is 4.51. The van der Waals surface area contributed by atoms with E-state index in [1.807, 2.05) is 39.8 Å². The number of thiazole rings is 1. The first kappa shape index (κ1) is 22.9. The van der Waals surface area contributed by atoms with Crippen molar-refractivity contribution in [2.75, 3.05) is 6.61 Å². The number of carbonyl (C=O) groups is 2. The standard InChI is InChI=1S/C22H31N3O3S/c1-6-7-12-28-18-10-8-17(9-11-18)22(27)25(16(4)5)13-20-24-19(14-29-20)21(26)23-15(2)3/h8-11,14-16H,6-7,12-13H2,1-5H3,(H,23,26). The van der Waals surface area contributed by atoms with Gasteiger partial charge >= 0.3 is 0 Å². The molecule has 0 atom stereocenters. The van der Waals surface area contributed by atoms with Gasteiger partial charge in [-0.3, -0.25) is 9.59 Å². The van der Waals surface area contributed by atoms with Gasteiger partial charge in [-0.2, -0.15) is 0 Å². The van der Waals surface area contributed by atoms with E-state index < -0.39 is 0 Å². The number of nitrogens with zero attached hydrogens (tertiary/aromatic N) is 2. The molecule has 1 heterocycles. The van der Waals surface area contributed by atoms with Crippen molar-refractivity contribution in [1.29, 1.82) is 0 Å². The van der Waals surface area contributed by atoms with E-state index in [0.717, 1.165) is 23.6 Å². The Kier molecular flexibility index (Phi) is 8.64. The Morgan fingerprint density at radius 1 is 1.17 bits per heavy atom. The molecule has 0 fully saturated rings. The van der Waals surface area contributed by atoms with E-state index in [9.17, 15) is 9.59 Å². The Hall–Kier alpha value is -2.41. The SMILES string of the molecule is CCCCOc1ccc(C(=O)N(Cc2nc(C(=O)NC(C)C)cs2)C(C)C)cc1. The van der Waals surface area contributed by atoms with Gasteiger partial charge < -0.3 is 15.0 Å². The predicted molar refractivity (Wildman–Crippen MR) is 117 cm³/mol. The molecule has 0 saturated heterocycles. The third kappa shape index (κ3) is 6.85. The molecule has 1 N–H and O–H groups in total. The average molecular weight is 418 g/mol. The van der Waals surface area contributed by atoms with Crippen LogP contribution in [0, 0.1) is 0 Å². The van der Waals surface area contributed by atoms with Crippen LogP contribution in [0.5, 0.6) is 5.75 Å². The van der Waals surface area contributed by atoms with Crippen molar-refractivity contribution in [2.24, 2.45) is 0 Å². The van der Waals surface area contributed by atoms with Crippen molar-refractivity contribution in [3.05, 3.63) is 45.9 Å². The van der Waals surface area contributed by atoms with Crippen LogP contribution in [0.15, 0.2) is 29.6 Å². The summed E-state index contributed by atoms with van der Waals surface area (Å²) in [5.41, 5.74) is 0.999. The summed E-state index contributed by atoms with van der Waals surface area (Å²) in [6, 6.07) is 7.30. The summed E-state index contributed by atoms with van der Waals surface area (Å²) < 4.78 is 5.67. The third-order valence-electron chi connectivity index (χ3n) is 4.26. The van der Waals surface area contributed by atoms with E-state index >= 15 is 0 Å². The average Bonchev–Trinajstić information content (AvgIpc) is 3.14. The van der Waals surface area contributed by atoms with Crippen molar-refractivity contribution in [3.63, 3.8) is 0 Å². The number of benzene rings is 1. The van der Waals surface area contributed by atoms with Crippen molar-refractivity contribution in [2.45, 2.75) is 66.1 Å². The lowest BCUT2D eigenvalue weighted by Crippen LogP contribution is -2.36. The first-order chi connectivity index (χ1) is 13.8. The second-order valence-corrected chi connectivity index (χ2v) is 8.45. The van der Waals surface area contributed by atoms with Gasteiger partial charge in [0.1, 0.15) is 16.5 Å². The zero-order valence-electron chi connectivity index (χ0n) is 17.9. The van der Waals surface area contributed by atoms with Gasteiger partial charge in [0.2, 0.25) is 0 Å². The van der Waals surface area contributed by atoms with Crippen LogP contribution in [-0.4, -0.2) is 40.4 Å². The van der Waals surface area contributed by atoms with E-state index in [1.54, 1.807) is 22.4 Å². The maximum absolute atomic E-state index is 13.0. The van der Waals surface area contributed by atoms with Crippen molar-refractivity contribution in [3.8, 4) is 5.75 Å². The first-order valence-electron chi connectivity index (χ1n) is 10.1. The molecule has 0 aliphatic rings. The van der Waals surface area contributed by atoms with Crippen LogP contribution in [0.3, 0.4) is 0 Å². The number of hydrogen-bond donors (Lipinski definition) is 1. The molecule has 1 aromatic heterocycles. The number of amides is 2. The van der Waals surface area contributed by atoms with Gasteiger partial charge in [0.15, 0.2) is 0 Å². The van der Waals surface area contributed by atoms with Crippen LogP contribution in [-0.2, 0) is 6.54 Å². The number of carbonyl (C=O) groups excluding carboxylic acids is 2. The van der Waals surface area contributed by atoms with Crippen LogP contribution in [0.25, 0.3) is 0 Å². The zero-order chi connectivity index (χ0) is 21.4. The summed E-state index contributed by atoms with van der Waals surface area (Å²) in [5, 5.41) is 5.30. The number of ether oxygens (including phenoxy) is 1. The number of rotatable bonds is 10. The molecule has 2 rings (SSSR count). The van der Waals surface area contributed by atoms with Crippen molar-refractivity contribution < 1.29 is 14.3 Å². The normalized spacial score (nSPS) is 11.0. The van der Waals surface area contributed by atoms with Gasteiger partial charge in [-0.25, -0.2) is 4.98 Å². The molecule has 158 valence electrons. The summed E-state index contributed by atoms with van der Waals surface area (Å²) in [4.78, 5) is 31.3. The molecule has 7 heteroatoms. The minimum Gasteiger partial charge on any atom is -0.494 e. The number of unbranched alkanes of at least 4 members (excludes halogenated alkanes) is 1. The molecule has 6 nitrogen and oxygen atoms in total. The molecule has 2 amide bonds. The quantitative estimate of drug-likeness (QED) is 0.577. The lowest BCUT2D eigenvalue weighted by atomic mass is 10.1. The number of nitrogens with one attached hydrogen (secondary N) is 1. The van der Waals surface area contributed by atoms with Crippen molar-refractivity contribution in [1.82, 2.24) is 15.2 Å². The van der Waals surface area contributed by atoms with Gasteiger partial charge in [0.25, 0.3) is 11.8 Å².